The first-order valence-electron chi connectivity index (χ1n) is 5.62. The minimum Gasteiger partial charge on any atom is -0.378 e. The fourth-order valence-corrected chi connectivity index (χ4v) is 0.996. The summed E-state index contributed by atoms with van der Waals surface area (Å²) in [6.07, 6.45) is 0. The van der Waals surface area contributed by atoms with Crippen molar-refractivity contribution in [3.05, 3.63) is 0 Å². The van der Waals surface area contributed by atoms with E-state index in [-0.39, 0.29) is 5.54 Å². The second kappa shape index (κ2) is 9.99. The van der Waals surface area contributed by atoms with Crippen LogP contribution in [0.25, 0.3) is 0 Å². The van der Waals surface area contributed by atoms with Crippen LogP contribution >= 0.6 is 0 Å². The summed E-state index contributed by atoms with van der Waals surface area (Å²) < 4.78 is 10.6. The maximum absolute atomic E-state index is 5.38. The van der Waals surface area contributed by atoms with E-state index < -0.39 is 0 Å². The van der Waals surface area contributed by atoms with Gasteiger partial charge in [0.05, 0.1) is 33.5 Å². The summed E-state index contributed by atoms with van der Waals surface area (Å²) in [6, 6.07) is 0. The summed E-state index contributed by atoms with van der Waals surface area (Å²) in [4.78, 5) is 9.05. The zero-order valence-corrected chi connectivity index (χ0v) is 10.9. The molecule has 5 heteroatoms. The smallest absolute Gasteiger partial charge is 0.106 e. The lowest BCUT2D eigenvalue weighted by molar-refractivity contribution is -0.277. The van der Waals surface area contributed by atoms with Gasteiger partial charge in [-0.25, -0.2) is 9.78 Å². The van der Waals surface area contributed by atoms with Crippen LogP contribution in [-0.2, 0) is 19.2 Å². The van der Waals surface area contributed by atoms with Gasteiger partial charge in [-0.2, -0.15) is 0 Å². The Bertz CT molecular complexity index is 147. The van der Waals surface area contributed by atoms with Crippen molar-refractivity contribution >= 4 is 0 Å². The van der Waals surface area contributed by atoms with Gasteiger partial charge in [-0.3, -0.25) is 0 Å². The Labute approximate surface area is 98.3 Å². The van der Waals surface area contributed by atoms with Gasteiger partial charge in [0.25, 0.3) is 0 Å². The predicted octanol–water partition coefficient (Wildman–Crippen LogP) is 0.986. The first-order valence-corrected chi connectivity index (χ1v) is 5.62. The third-order valence-electron chi connectivity index (χ3n) is 1.70. The van der Waals surface area contributed by atoms with Crippen LogP contribution in [0.15, 0.2) is 0 Å². The molecule has 0 aromatic carbocycles. The monoisotopic (exact) mass is 235 g/mol. The van der Waals surface area contributed by atoms with Gasteiger partial charge in [0.2, 0.25) is 0 Å². The van der Waals surface area contributed by atoms with Gasteiger partial charge in [0.15, 0.2) is 0 Å². The van der Waals surface area contributed by atoms with Crippen LogP contribution in [0.5, 0.6) is 0 Å². The Kier molecular flexibility index (Phi) is 9.86. The molecule has 0 spiro atoms. The molecule has 0 heterocycles. The lowest BCUT2D eigenvalue weighted by Crippen LogP contribution is -2.38. The van der Waals surface area contributed by atoms with E-state index in [1.165, 1.54) is 7.11 Å². The van der Waals surface area contributed by atoms with Crippen LogP contribution in [0.2, 0.25) is 0 Å². The summed E-state index contributed by atoms with van der Waals surface area (Å²) in [6.45, 7) is 10.1. The van der Waals surface area contributed by atoms with E-state index in [9.17, 15) is 0 Å². The number of hydrogen-bond donors (Lipinski definition) is 1. The molecule has 0 rings (SSSR count). The van der Waals surface area contributed by atoms with E-state index in [1.807, 2.05) is 0 Å². The van der Waals surface area contributed by atoms with Crippen molar-refractivity contribution in [3.8, 4) is 0 Å². The summed E-state index contributed by atoms with van der Waals surface area (Å²) >= 11 is 0. The van der Waals surface area contributed by atoms with Gasteiger partial charge in [-0.05, 0) is 20.8 Å². The molecule has 16 heavy (non-hydrogen) atoms. The Hall–Kier alpha value is -0.200. The van der Waals surface area contributed by atoms with Gasteiger partial charge in [-0.15, -0.1) is 0 Å². The standard InChI is InChI=1S/C11H25NO4/c1-11(2,3)12-5-6-14-7-8-15-9-10-16-13-4/h12H,5-10H2,1-4H3. The van der Waals surface area contributed by atoms with Crippen molar-refractivity contribution in [1.82, 2.24) is 5.32 Å². The molecule has 0 aliphatic rings. The van der Waals surface area contributed by atoms with Crippen LogP contribution in [0.4, 0.5) is 0 Å². The van der Waals surface area contributed by atoms with Gasteiger partial charge < -0.3 is 14.8 Å². The maximum atomic E-state index is 5.38. The van der Waals surface area contributed by atoms with Gasteiger partial charge in [0.1, 0.15) is 6.61 Å². The minimum atomic E-state index is 0.150. The zero-order chi connectivity index (χ0) is 12.3. The lowest BCUT2D eigenvalue weighted by atomic mass is 10.1. The van der Waals surface area contributed by atoms with Gasteiger partial charge >= 0.3 is 0 Å². The predicted molar refractivity (Wildman–Crippen MR) is 62.4 cm³/mol. The Morgan fingerprint density at radius 3 is 2.00 bits per heavy atom. The van der Waals surface area contributed by atoms with E-state index in [4.69, 9.17) is 9.47 Å². The molecule has 0 bridgehead atoms. The van der Waals surface area contributed by atoms with E-state index in [2.05, 4.69) is 35.9 Å². The van der Waals surface area contributed by atoms with Gasteiger partial charge in [-0.1, -0.05) is 0 Å². The minimum absolute atomic E-state index is 0.150. The number of hydrogen-bond acceptors (Lipinski definition) is 5. The van der Waals surface area contributed by atoms with E-state index in [0.717, 1.165) is 6.54 Å². The normalized spacial score (nSPS) is 12.0. The Morgan fingerprint density at radius 2 is 1.44 bits per heavy atom. The van der Waals surface area contributed by atoms with Crippen LogP contribution in [0.3, 0.4) is 0 Å². The molecule has 0 aliphatic heterocycles. The highest BCUT2D eigenvalue weighted by atomic mass is 17.2. The SMILES string of the molecule is COOCCOCCOCCNC(C)(C)C. The fraction of sp³-hybridized carbons (Fsp3) is 1.00. The highest BCUT2D eigenvalue weighted by Crippen LogP contribution is 1.96. The third kappa shape index (κ3) is 13.8. The molecule has 1 N–H and O–H groups in total. The summed E-state index contributed by atoms with van der Waals surface area (Å²) in [5.41, 5.74) is 0.150. The number of nitrogens with one attached hydrogen (secondary N) is 1. The van der Waals surface area contributed by atoms with Crippen LogP contribution in [0.1, 0.15) is 20.8 Å². The van der Waals surface area contributed by atoms with Crippen molar-refractivity contribution in [2.24, 2.45) is 0 Å². The van der Waals surface area contributed by atoms with E-state index in [1.54, 1.807) is 0 Å². The Morgan fingerprint density at radius 1 is 0.875 bits per heavy atom. The number of rotatable bonds is 10. The second-order valence-corrected chi connectivity index (χ2v) is 4.39. The molecule has 0 radical (unpaired) electrons. The molecular weight excluding hydrogens is 210 g/mol. The summed E-state index contributed by atoms with van der Waals surface area (Å²) in [5, 5.41) is 3.34. The molecule has 0 unspecified atom stereocenters. The molecular formula is C11H25NO4. The largest absolute Gasteiger partial charge is 0.378 e. The summed E-state index contributed by atoms with van der Waals surface area (Å²) in [5.74, 6) is 0. The molecule has 0 saturated carbocycles. The molecule has 0 saturated heterocycles. The molecule has 0 amide bonds. The van der Waals surface area contributed by atoms with Crippen molar-refractivity contribution < 1.29 is 19.2 Å². The molecule has 0 aromatic heterocycles. The van der Waals surface area contributed by atoms with E-state index in [0.29, 0.717) is 33.0 Å². The molecule has 0 aliphatic carbocycles. The molecule has 98 valence electrons. The average Bonchev–Trinajstić information content (AvgIpc) is 2.19. The van der Waals surface area contributed by atoms with Crippen LogP contribution in [-0.4, -0.2) is 52.2 Å². The quantitative estimate of drug-likeness (QED) is 0.347. The highest BCUT2D eigenvalue weighted by molar-refractivity contribution is 4.69. The highest BCUT2D eigenvalue weighted by Gasteiger charge is 2.06. The van der Waals surface area contributed by atoms with Crippen molar-refractivity contribution in [2.45, 2.75) is 26.3 Å². The molecule has 0 aromatic rings. The Balaban J connectivity index is 2.99. The van der Waals surface area contributed by atoms with Gasteiger partial charge in [0, 0.05) is 12.1 Å². The lowest BCUT2D eigenvalue weighted by Gasteiger charge is -2.20. The zero-order valence-electron chi connectivity index (χ0n) is 10.9. The second-order valence-electron chi connectivity index (χ2n) is 4.39. The fourth-order valence-electron chi connectivity index (χ4n) is 0.996. The number of ether oxygens (including phenoxy) is 2. The third-order valence-corrected chi connectivity index (χ3v) is 1.70. The average molecular weight is 235 g/mol. The summed E-state index contributed by atoms with van der Waals surface area (Å²) in [7, 11) is 1.48. The molecule has 0 atom stereocenters. The molecule has 5 nitrogen and oxygen atoms in total. The topological polar surface area (TPSA) is 49.0 Å². The van der Waals surface area contributed by atoms with Crippen LogP contribution in [0, 0.1) is 0 Å². The first kappa shape index (κ1) is 15.8. The van der Waals surface area contributed by atoms with Crippen molar-refractivity contribution in [3.63, 3.8) is 0 Å². The van der Waals surface area contributed by atoms with Crippen LogP contribution < -0.4 is 5.32 Å². The first-order chi connectivity index (χ1) is 7.56. The van der Waals surface area contributed by atoms with Crippen molar-refractivity contribution in [1.29, 1.82) is 0 Å². The van der Waals surface area contributed by atoms with E-state index >= 15 is 0 Å². The maximum Gasteiger partial charge on any atom is 0.106 e. The molecule has 0 fully saturated rings. The van der Waals surface area contributed by atoms with Crippen molar-refractivity contribution in [2.75, 3.05) is 46.7 Å².